The van der Waals surface area contributed by atoms with Crippen LogP contribution in [0.5, 0.6) is 0 Å². The van der Waals surface area contributed by atoms with E-state index in [4.69, 9.17) is 5.84 Å². The predicted octanol–water partition coefficient (Wildman–Crippen LogP) is 1.43. The zero-order chi connectivity index (χ0) is 15.3. The van der Waals surface area contributed by atoms with Crippen LogP contribution in [-0.2, 0) is 0 Å². The molecule has 5 nitrogen and oxygen atoms in total. The number of nitrogens with zero attached hydrogens (tertiary/aromatic N) is 1. The lowest BCUT2D eigenvalue weighted by molar-refractivity contribution is 0.0917. The Labute approximate surface area is 119 Å². The third-order valence-electron chi connectivity index (χ3n) is 3.09. The summed E-state index contributed by atoms with van der Waals surface area (Å²) in [6.45, 7) is 4.77. The fourth-order valence-electron chi connectivity index (χ4n) is 1.92. The normalized spacial score (nSPS) is 12.6. The summed E-state index contributed by atoms with van der Waals surface area (Å²) in [6.07, 6.45) is 0. The smallest absolute Gasteiger partial charge is 0.253 e. The second-order valence-corrected chi connectivity index (χ2v) is 5.39. The first-order valence-corrected chi connectivity index (χ1v) is 6.57. The molecule has 4 N–H and O–H groups in total. The van der Waals surface area contributed by atoms with Crippen molar-refractivity contribution in [3.05, 3.63) is 29.6 Å². The monoisotopic (exact) mass is 282 g/mol. The number of carbonyl (C=O) groups excluding carboxylic acids is 1. The van der Waals surface area contributed by atoms with E-state index < -0.39 is 5.82 Å². The number of benzene rings is 1. The summed E-state index contributed by atoms with van der Waals surface area (Å²) in [5.74, 6) is 4.67. The molecule has 0 aromatic heterocycles. The van der Waals surface area contributed by atoms with Crippen LogP contribution >= 0.6 is 0 Å². The summed E-state index contributed by atoms with van der Waals surface area (Å²) in [7, 11) is 3.88. The maximum absolute atomic E-state index is 13.6. The zero-order valence-corrected chi connectivity index (χ0v) is 12.4. The summed E-state index contributed by atoms with van der Waals surface area (Å²) >= 11 is 0. The average molecular weight is 282 g/mol. The van der Waals surface area contributed by atoms with Gasteiger partial charge in [-0.1, -0.05) is 19.9 Å². The summed E-state index contributed by atoms with van der Waals surface area (Å²) in [5.41, 5.74) is 2.46. The highest BCUT2D eigenvalue weighted by atomic mass is 19.1. The number of hydrogen-bond acceptors (Lipinski definition) is 4. The predicted molar refractivity (Wildman–Crippen MR) is 78.9 cm³/mol. The quantitative estimate of drug-likeness (QED) is 0.545. The van der Waals surface area contributed by atoms with Gasteiger partial charge in [0.15, 0.2) is 0 Å². The van der Waals surface area contributed by atoms with Crippen molar-refractivity contribution in [1.29, 1.82) is 0 Å². The minimum atomic E-state index is -0.547. The lowest BCUT2D eigenvalue weighted by atomic mass is 10.0. The first-order valence-electron chi connectivity index (χ1n) is 6.57. The Hall–Kier alpha value is -1.66. The third kappa shape index (κ3) is 4.18. The van der Waals surface area contributed by atoms with Crippen LogP contribution in [0.4, 0.5) is 10.1 Å². The van der Waals surface area contributed by atoms with Gasteiger partial charge in [-0.2, -0.15) is 0 Å². The van der Waals surface area contributed by atoms with Crippen molar-refractivity contribution in [2.24, 2.45) is 11.8 Å². The van der Waals surface area contributed by atoms with Crippen LogP contribution in [0.2, 0.25) is 0 Å². The lowest BCUT2D eigenvalue weighted by Gasteiger charge is -2.26. The number of anilines is 1. The number of nitrogens with two attached hydrogens (primary N) is 1. The number of halogens is 1. The van der Waals surface area contributed by atoms with Gasteiger partial charge in [0.05, 0.1) is 11.3 Å². The number of carbonyl (C=O) groups is 1. The molecule has 112 valence electrons. The van der Waals surface area contributed by atoms with Gasteiger partial charge in [-0.15, -0.1) is 0 Å². The minimum Gasteiger partial charge on any atom is -0.348 e. The van der Waals surface area contributed by atoms with E-state index in [1.54, 1.807) is 6.07 Å². The summed E-state index contributed by atoms with van der Waals surface area (Å²) in [5, 5.41) is 2.92. The summed E-state index contributed by atoms with van der Waals surface area (Å²) < 4.78 is 13.6. The molecule has 0 aliphatic heterocycles. The highest BCUT2D eigenvalue weighted by Gasteiger charge is 2.20. The Balaban J connectivity index is 2.92. The summed E-state index contributed by atoms with van der Waals surface area (Å²) in [4.78, 5) is 14.3. The fourth-order valence-corrected chi connectivity index (χ4v) is 1.92. The molecular formula is C14H23FN4O. The van der Waals surface area contributed by atoms with Crippen molar-refractivity contribution in [2.45, 2.75) is 19.9 Å². The molecule has 0 heterocycles. The highest BCUT2D eigenvalue weighted by molar-refractivity contribution is 5.99. The van der Waals surface area contributed by atoms with Crippen LogP contribution in [0.25, 0.3) is 0 Å². The second kappa shape index (κ2) is 7.21. The Morgan fingerprint density at radius 2 is 2.05 bits per heavy atom. The molecule has 1 aromatic rings. The molecule has 1 aromatic carbocycles. The molecule has 0 aliphatic carbocycles. The van der Waals surface area contributed by atoms with Crippen molar-refractivity contribution in [1.82, 2.24) is 10.2 Å². The van der Waals surface area contributed by atoms with E-state index in [1.165, 1.54) is 12.1 Å². The van der Waals surface area contributed by atoms with E-state index >= 15 is 0 Å². The molecule has 1 unspecified atom stereocenters. The van der Waals surface area contributed by atoms with Crippen molar-refractivity contribution in [3.63, 3.8) is 0 Å². The van der Waals surface area contributed by atoms with Gasteiger partial charge < -0.3 is 15.6 Å². The maximum Gasteiger partial charge on any atom is 0.253 e. The first-order chi connectivity index (χ1) is 9.36. The number of likely N-dealkylation sites (N-methyl/N-ethyl adjacent to an activating group) is 1. The molecule has 0 spiro atoms. The van der Waals surface area contributed by atoms with E-state index in [1.807, 2.05) is 32.8 Å². The minimum absolute atomic E-state index is 0.0114. The largest absolute Gasteiger partial charge is 0.348 e. The van der Waals surface area contributed by atoms with E-state index in [0.29, 0.717) is 6.54 Å². The van der Waals surface area contributed by atoms with Crippen LogP contribution in [0.15, 0.2) is 18.2 Å². The number of hydrazine groups is 1. The van der Waals surface area contributed by atoms with Gasteiger partial charge in [0, 0.05) is 12.6 Å². The number of nitrogen functional groups attached to an aromatic ring is 1. The fraction of sp³-hybridized carbons (Fsp3) is 0.500. The molecule has 1 amide bonds. The highest BCUT2D eigenvalue weighted by Crippen LogP contribution is 2.19. The molecule has 1 rings (SSSR count). The number of hydrogen-bond donors (Lipinski definition) is 3. The number of nitrogens with one attached hydrogen (secondary N) is 2. The molecular weight excluding hydrogens is 259 g/mol. The molecule has 0 saturated heterocycles. The Morgan fingerprint density at radius 3 is 2.55 bits per heavy atom. The molecule has 20 heavy (non-hydrogen) atoms. The van der Waals surface area contributed by atoms with Crippen LogP contribution in [0.3, 0.4) is 0 Å². The molecule has 0 radical (unpaired) electrons. The Bertz CT molecular complexity index is 462. The van der Waals surface area contributed by atoms with Gasteiger partial charge in [0.25, 0.3) is 5.91 Å². The van der Waals surface area contributed by atoms with Gasteiger partial charge in [0.2, 0.25) is 0 Å². The zero-order valence-electron chi connectivity index (χ0n) is 12.4. The van der Waals surface area contributed by atoms with Crippen LogP contribution in [0.1, 0.15) is 24.2 Å². The van der Waals surface area contributed by atoms with Gasteiger partial charge in [0.1, 0.15) is 5.82 Å². The van der Waals surface area contributed by atoms with Crippen molar-refractivity contribution in [2.75, 3.05) is 26.1 Å². The topological polar surface area (TPSA) is 70.4 Å². The van der Waals surface area contributed by atoms with E-state index in [2.05, 4.69) is 10.7 Å². The Morgan fingerprint density at radius 1 is 1.40 bits per heavy atom. The van der Waals surface area contributed by atoms with Gasteiger partial charge in [-0.25, -0.2) is 4.39 Å². The van der Waals surface area contributed by atoms with E-state index in [9.17, 15) is 9.18 Å². The van der Waals surface area contributed by atoms with E-state index in [0.717, 1.165) is 0 Å². The molecule has 6 heteroatoms. The molecule has 0 saturated carbocycles. The van der Waals surface area contributed by atoms with Crippen LogP contribution < -0.4 is 16.6 Å². The van der Waals surface area contributed by atoms with Gasteiger partial charge in [-0.3, -0.25) is 10.6 Å². The van der Waals surface area contributed by atoms with Crippen molar-refractivity contribution >= 4 is 11.6 Å². The van der Waals surface area contributed by atoms with Crippen LogP contribution in [0, 0.1) is 11.7 Å². The number of para-hydroxylation sites is 1. The Kier molecular flexibility index (Phi) is 5.91. The van der Waals surface area contributed by atoms with Gasteiger partial charge in [-0.05, 0) is 32.1 Å². The van der Waals surface area contributed by atoms with Crippen LogP contribution in [-0.4, -0.2) is 37.5 Å². The summed E-state index contributed by atoms with van der Waals surface area (Å²) in [6, 6.07) is 4.26. The standard InChI is InChI=1S/C14H23FN4O/c1-9(2)12(8-19(3)4)17-14(20)10-6-5-7-11(15)13(10)18-16/h5-7,9,12,18H,8,16H2,1-4H3,(H,17,20). The lowest BCUT2D eigenvalue weighted by Crippen LogP contribution is -2.45. The SMILES string of the molecule is CC(C)C(CN(C)C)NC(=O)c1cccc(F)c1NN. The van der Waals surface area contributed by atoms with Crippen molar-refractivity contribution < 1.29 is 9.18 Å². The maximum atomic E-state index is 13.6. The number of amides is 1. The van der Waals surface area contributed by atoms with Gasteiger partial charge >= 0.3 is 0 Å². The van der Waals surface area contributed by atoms with E-state index in [-0.39, 0.29) is 29.1 Å². The first kappa shape index (κ1) is 16.4. The molecule has 0 fully saturated rings. The van der Waals surface area contributed by atoms with Crippen molar-refractivity contribution in [3.8, 4) is 0 Å². The molecule has 0 bridgehead atoms. The number of rotatable bonds is 6. The molecule has 0 aliphatic rings. The second-order valence-electron chi connectivity index (χ2n) is 5.39. The third-order valence-corrected chi connectivity index (χ3v) is 3.09. The average Bonchev–Trinajstić information content (AvgIpc) is 2.36. The molecule has 1 atom stereocenters.